The third-order valence-corrected chi connectivity index (χ3v) is 3.86. The summed E-state index contributed by atoms with van der Waals surface area (Å²) in [5.41, 5.74) is 8.63. The lowest BCUT2D eigenvalue weighted by molar-refractivity contribution is 0.293. The maximum atomic E-state index is 5.99. The quantitative estimate of drug-likeness (QED) is 0.892. The van der Waals surface area contributed by atoms with Gasteiger partial charge in [-0.3, -0.25) is 4.98 Å². The summed E-state index contributed by atoms with van der Waals surface area (Å²) in [6.07, 6.45) is 5.49. The van der Waals surface area contributed by atoms with Crippen LogP contribution < -0.4 is 10.6 Å². The number of piperidine rings is 1. The Bertz CT molecular complexity index is 383. The number of hydrogen-bond acceptors (Lipinski definition) is 3. The van der Waals surface area contributed by atoms with Crippen molar-refractivity contribution in [3.05, 3.63) is 24.0 Å². The molecular formula is C15H25N3. The second kappa shape index (κ2) is 5.27. The predicted molar refractivity (Wildman–Crippen MR) is 76.7 cm³/mol. The van der Waals surface area contributed by atoms with Gasteiger partial charge >= 0.3 is 0 Å². The minimum atomic E-state index is 0.0665. The Labute approximate surface area is 110 Å². The molecule has 1 aliphatic heterocycles. The molecule has 1 saturated heterocycles. The van der Waals surface area contributed by atoms with E-state index in [2.05, 4.69) is 42.8 Å². The van der Waals surface area contributed by atoms with Crippen LogP contribution in [-0.2, 0) is 0 Å². The van der Waals surface area contributed by atoms with E-state index in [4.69, 9.17) is 5.73 Å². The summed E-state index contributed by atoms with van der Waals surface area (Å²) in [5.74, 6) is 0. The number of nitrogens with zero attached hydrogens (tertiary/aromatic N) is 2. The molecule has 2 N–H and O–H groups in total. The fraction of sp³-hybridized carbons (Fsp3) is 0.667. The average molecular weight is 247 g/mol. The van der Waals surface area contributed by atoms with Gasteiger partial charge in [0.2, 0.25) is 0 Å². The first-order valence-corrected chi connectivity index (χ1v) is 6.98. The van der Waals surface area contributed by atoms with Gasteiger partial charge in [0, 0.05) is 19.1 Å². The van der Waals surface area contributed by atoms with E-state index in [1.807, 2.05) is 6.20 Å². The minimum absolute atomic E-state index is 0.0665. The minimum Gasteiger partial charge on any atom is -0.370 e. The Balaban J connectivity index is 2.09. The zero-order valence-corrected chi connectivity index (χ0v) is 11.8. The largest absolute Gasteiger partial charge is 0.370 e. The smallest absolute Gasteiger partial charge is 0.0572 e. The Hall–Kier alpha value is -1.09. The molecule has 1 aliphatic rings. The van der Waals surface area contributed by atoms with Crippen LogP contribution in [0.15, 0.2) is 18.3 Å². The van der Waals surface area contributed by atoms with Gasteiger partial charge in [0.1, 0.15) is 0 Å². The summed E-state index contributed by atoms with van der Waals surface area (Å²) in [4.78, 5) is 6.95. The van der Waals surface area contributed by atoms with E-state index in [0.29, 0.717) is 5.41 Å². The first-order valence-electron chi connectivity index (χ1n) is 6.98. The van der Waals surface area contributed by atoms with E-state index >= 15 is 0 Å². The molecule has 1 aromatic rings. The van der Waals surface area contributed by atoms with Crippen LogP contribution >= 0.6 is 0 Å². The third kappa shape index (κ3) is 3.02. The Morgan fingerprint density at radius 2 is 2.22 bits per heavy atom. The average Bonchev–Trinajstić information content (AvgIpc) is 2.37. The van der Waals surface area contributed by atoms with Crippen LogP contribution in [0, 0.1) is 5.41 Å². The lowest BCUT2D eigenvalue weighted by atomic mass is 9.84. The summed E-state index contributed by atoms with van der Waals surface area (Å²) >= 11 is 0. The molecule has 0 spiro atoms. The van der Waals surface area contributed by atoms with Crippen molar-refractivity contribution in [2.75, 3.05) is 18.0 Å². The maximum absolute atomic E-state index is 5.99. The molecule has 0 aliphatic carbocycles. The van der Waals surface area contributed by atoms with Crippen LogP contribution in [0.1, 0.15) is 51.8 Å². The van der Waals surface area contributed by atoms with Gasteiger partial charge in [0.05, 0.1) is 17.6 Å². The van der Waals surface area contributed by atoms with Gasteiger partial charge in [0.25, 0.3) is 0 Å². The molecular weight excluding hydrogens is 222 g/mol. The molecule has 1 atom stereocenters. The highest BCUT2D eigenvalue weighted by Gasteiger charge is 2.26. The van der Waals surface area contributed by atoms with Crippen molar-refractivity contribution in [3.8, 4) is 0 Å². The van der Waals surface area contributed by atoms with Crippen molar-refractivity contribution in [3.63, 3.8) is 0 Å². The first kappa shape index (κ1) is 13.3. The summed E-state index contributed by atoms with van der Waals surface area (Å²) < 4.78 is 0. The molecule has 3 nitrogen and oxygen atoms in total. The van der Waals surface area contributed by atoms with Gasteiger partial charge in [-0.2, -0.15) is 0 Å². The molecule has 100 valence electrons. The number of anilines is 1. The van der Waals surface area contributed by atoms with Crippen molar-refractivity contribution >= 4 is 5.69 Å². The fourth-order valence-electron chi connectivity index (χ4n) is 2.66. The van der Waals surface area contributed by atoms with Crippen molar-refractivity contribution < 1.29 is 0 Å². The van der Waals surface area contributed by atoms with Crippen LogP contribution in [0.4, 0.5) is 5.69 Å². The van der Waals surface area contributed by atoms with Crippen molar-refractivity contribution in [2.24, 2.45) is 11.1 Å². The van der Waals surface area contributed by atoms with Gasteiger partial charge < -0.3 is 10.6 Å². The molecule has 1 unspecified atom stereocenters. The zero-order chi connectivity index (χ0) is 13.2. The number of pyridine rings is 1. The first-order chi connectivity index (χ1) is 8.52. The monoisotopic (exact) mass is 247 g/mol. The summed E-state index contributed by atoms with van der Waals surface area (Å²) in [6, 6.07) is 4.31. The fourth-order valence-corrected chi connectivity index (χ4v) is 2.66. The van der Waals surface area contributed by atoms with E-state index < -0.39 is 0 Å². The van der Waals surface area contributed by atoms with Crippen LogP contribution in [-0.4, -0.2) is 18.1 Å². The summed E-state index contributed by atoms with van der Waals surface area (Å²) in [6.45, 7) is 9.04. The molecule has 0 aromatic carbocycles. The molecule has 2 rings (SSSR count). The number of nitrogens with two attached hydrogens (primary N) is 1. The molecule has 2 heterocycles. The van der Waals surface area contributed by atoms with E-state index in [1.165, 1.54) is 18.5 Å². The molecule has 1 fully saturated rings. The number of aromatic nitrogens is 1. The predicted octanol–water partition coefficient (Wildman–Crippen LogP) is 3.12. The second-order valence-corrected chi connectivity index (χ2v) is 6.15. The van der Waals surface area contributed by atoms with E-state index in [0.717, 1.165) is 25.2 Å². The maximum Gasteiger partial charge on any atom is 0.0572 e. The molecule has 18 heavy (non-hydrogen) atoms. The number of rotatable bonds is 3. The SMILES string of the molecule is CCC(N)c1ccc(N2CCCC(C)(C)C2)cn1. The Morgan fingerprint density at radius 1 is 1.44 bits per heavy atom. The molecule has 0 amide bonds. The van der Waals surface area contributed by atoms with Gasteiger partial charge in [0.15, 0.2) is 0 Å². The van der Waals surface area contributed by atoms with Gasteiger partial charge in [-0.15, -0.1) is 0 Å². The zero-order valence-electron chi connectivity index (χ0n) is 11.8. The second-order valence-electron chi connectivity index (χ2n) is 6.15. The topological polar surface area (TPSA) is 42.1 Å². The Morgan fingerprint density at radius 3 is 2.78 bits per heavy atom. The molecule has 1 aromatic heterocycles. The van der Waals surface area contributed by atoms with Crippen LogP contribution in [0.25, 0.3) is 0 Å². The summed E-state index contributed by atoms with van der Waals surface area (Å²) in [7, 11) is 0. The molecule has 0 bridgehead atoms. The lowest BCUT2D eigenvalue weighted by Gasteiger charge is -2.39. The Kier molecular flexibility index (Phi) is 3.91. The van der Waals surface area contributed by atoms with Crippen molar-refractivity contribution in [2.45, 2.75) is 46.1 Å². The number of hydrogen-bond donors (Lipinski definition) is 1. The highest BCUT2D eigenvalue weighted by Crippen LogP contribution is 2.31. The standard InChI is InChI=1S/C15H25N3/c1-4-13(16)14-7-6-12(10-17-14)18-9-5-8-15(2,3)11-18/h6-7,10,13H,4-5,8-9,11,16H2,1-3H3. The van der Waals surface area contributed by atoms with Gasteiger partial charge in [-0.05, 0) is 36.8 Å². The highest BCUT2D eigenvalue weighted by atomic mass is 15.1. The van der Waals surface area contributed by atoms with Crippen molar-refractivity contribution in [1.82, 2.24) is 4.98 Å². The van der Waals surface area contributed by atoms with Gasteiger partial charge in [-0.1, -0.05) is 20.8 Å². The van der Waals surface area contributed by atoms with E-state index in [9.17, 15) is 0 Å². The highest BCUT2D eigenvalue weighted by molar-refractivity contribution is 5.45. The van der Waals surface area contributed by atoms with Gasteiger partial charge in [-0.25, -0.2) is 0 Å². The lowest BCUT2D eigenvalue weighted by Crippen LogP contribution is -2.40. The van der Waals surface area contributed by atoms with Crippen LogP contribution in [0.3, 0.4) is 0 Å². The van der Waals surface area contributed by atoms with Crippen LogP contribution in [0.5, 0.6) is 0 Å². The van der Waals surface area contributed by atoms with Crippen molar-refractivity contribution in [1.29, 1.82) is 0 Å². The van der Waals surface area contributed by atoms with E-state index in [-0.39, 0.29) is 6.04 Å². The molecule has 0 radical (unpaired) electrons. The molecule has 0 saturated carbocycles. The molecule has 3 heteroatoms. The normalized spacial score (nSPS) is 20.8. The third-order valence-electron chi connectivity index (χ3n) is 3.86. The van der Waals surface area contributed by atoms with E-state index in [1.54, 1.807) is 0 Å². The summed E-state index contributed by atoms with van der Waals surface area (Å²) in [5, 5.41) is 0. The van der Waals surface area contributed by atoms with Crippen LogP contribution in [0.2, 0.25) is 0 Å².